The van der Waals surface area contributed by atoms with E-state index in [0.29, 0.717) is 30.9 Å². The fourth-order valence-electron chi connectivity index (χ4n) is 3.75. The summed E-state index contributed by atoms with van der Waals surface area (Å²) in [4.78, 5) is 27.4. The van der Waals surface area contributed by atoms with Gasteiger partial charge in [-0.1, -0.05) is 26.0 Å². The highest BCUT2D eigenvalue weighted by atomic mass is 16.3. The number of phenolic OH excluding ortho intramolecular Hbond substituents is 1. The number of amides is 2. The van der Waals surface area contributed by atoms with Gasteiger partial charge in [0.05, 0.1) is 18.7 Å². The van der Waals surface area contributed by atoms with Gasteiger partial charge in [-0.05, 0) is 42.9 Å². The van der Waals surface area contributed by atoms with Gasteiger partial charge in [0, 0.05) is 13.6 Å². The second-order valence-corrected chi connectivity index (χ2v) is 7.53. The van der Waals surface area contributed by atoms with Crippen molar-refractivity contribution in [3.63, 3.8) is 0 Å². The van der Waals surface area contributed by atoms with E-state index >= 15 is 0 Å². The fourth-order valence-corrected chi connectivity index (χ4v) is 3.75. The van der Waals surface area contributed by atoms with Crippen LogP contribution in [-0.4, -0.2) is 59.2 Å². The maximum absolute atomic E-state index is 12.9. The highest BCUT2D eigenvalue weighted by Gasteiger charge is 2.39. The van der Waals surface area contributed by atoms with Gasteiger partial charge in [-0.3, -0.25) is 14.5 Å². The summed E-state index contributed by atoms with van der Waals surface area (Å²) in [5.41, 5.74) is 0.648. The molecule has 7 heteroatoms. The highest BCUT2D eigenvalue weighted by molar-refractivity contribution is 5.86. The predicted molar refractivity (Wildman–Crippen MR) is 103 cm³/mol. The summed E-state index contributed by atoms with van der Waals surface area (Å²) in [6.45, 7) is 4.59. The number of aliphatic hydroxyl groups is 1. The molecule has 7 nitrogen and oxygen atoms in total. The number of aromatic hydroxyl groups is 1. The first-order valence-corrected chi connectivity index (χ1v) is 9.54. The van der Waals surface area contributed by atoms with Gasteiger partial charge in [0.25, 0.3) is 0 Å². The van der Waals surface area contributed by atoms with E-state index in [-0.39, 0.29) is 30.2 Å². The minimum Gasteiger partial charge on any atom is -0.508 e. The zero-order chi connectivity index (χ0) is 20.0. The van der Waals surface area contributed by atoms with Crippen molar-refractivity contribution in [3.8, 4) is 5.75 Å². The molecular weight excluding hydrogens is 346 g/mol. The van der Waals surface area contributed by atoms with Gasteiger partial charge in [0.1, 0.15) is 11.8 Å². The Hall–Kier alpha value is -2.12. The lowest BCUT2D eigenvalue weighted by Gasteiger charge is -2.32. The molecule has 4 N–H and O–H groups in total. The number of nitrogens with zero attached hydrogens (tertiary/aromatic N) is 1. The standard InChI is InChI=1S/C20H31N3O4/c1-13(2)10-15(12-24)22-19(26)17-8-5-9-23(17)18(20(27)21-3)14-6-4-7-16(25)11-14/h4,6-7,11,13,15,17-18,24-25H,5,8-10,12H2,1-3H3,(H,21,27)(H,22,26)/t15-,17+,18-/m1/s1. The van der Waals surface area contributed by atoms with Crippen LogP contribution in [-0.2, 0) is 9.59 Å². The number of phenols is 1. The summed E-state index contributed by atoms with van der Waals surface area (Å²) in [6, 6.07) is 5.19. The Labute approximate surface area is 160 Å². The fraction of sp³-hybridized carbons (Fsp3) is 0.600. The molecule has 0 aromatic heterocycles. The highest BCUT2D eigenvalue weighted by Crippen LogP contribution is 2.31. The number of aliphatic hydroxyl groups excluding tert-OH is 1. The molecule has 1 aromatic rings. The van der Waals surface area contributed by atoms with Crippen LogP contribution in [0, 0.1) is 5.92 Å². The molecule has 1 heterocycles. The van der Waals surface area contributed by atoms with E-state index in [9.17, 15) is 19.8 Å². The number of likely N-dealkylation sites (tertiary alicyclic amines) is 1. The lowest BCUT2D eigenvalue weighted by molar-refractivity contribution is -0.131. The molecule has 0 radical (unpaired) electrons. The minimum atomic E-state index is -0.655. The van der Waals surface area contributed by atoms with Crippen LogP contribution in [0.3, 0.4) is 0 Å². The predicted octanol–water partition coefficient (Wildman–Crippen LogP) is 1.17. The third-order valence-corrected chi connectivity index (χ3v) is 4.93. The number of rotatable bonds is 8. The Morgan fingerprint density at radius 1 is 1.33 bits per heavy atom. The van der Waals surface area contributed by atoms with Crippen LogP contribution in [0.2, 0.25) is 0 Å². The van der Waals surface area contributed by atoms with Crippen LogP contribution >= 0.6 is 0 Å². The number of benzene rings is 1. The third kappa shape index (κ3) is 5.43. The Bertz CT molecular complexity index is 650. The summed E-state index contributed by atoms with van der Waals surface area (Å²) in [5, 5.41) is 25.0. The molecule has 150 valence electrons. The van der Waals surface area contributed by atoms with Gasteiger partial charge in [-0.25, -0.2) is 0 Å². The number of carbonyl (C=O) groups excluding carboxylic acids is 2. The number of likely N-dealkylation sites (N-methyl/N-ethyl adjacent to an activating group) is 1. The molecule has 27 heavy (non-hydrogen) atoms. The summed E-state index contributed by atoms with van der Waals surface area (Å²) in [7, 11) is 1.56. The second kappa shape index (κ2) is 9.71. The summed E-state index contributed by atoms with van der Waals surface area (Å²) >= 11 is 0. The number of carbonyl (C=O) groups is 2. The van der Waals surface area contributed by atoms with E-state index < -0.39 is 12.1 Å². The number of hydrogen-bond acceptors (Lipinski definition) is 5. The quantitative estimate of drug-likeness (QED) is 0.545. The molecular formula is C20H31N3O4. The Morgan fingerprint density at radius 2 is 2.07 bits per heavy atom. The maximum Gasteiger partial charge on any atom is 0.241 e. The number of nitrogens with one attached hydrogen (secondary N) is 2. The topological polar surface area (TPSA) is 102 Å². The second-order valence-electron chi connectivity index (χ2n) is 7.53. The van der Waals surface area contributed by atoms with Gasteiger partial charge in [-0.15, -0.1) is 0 Å². The SMILES string of the molecule is CNC(=O)[C@@H](c1cccc(O)c1)N1CCC[C@H]1C(=O)N[C@@H](CO)CC(C)C. The van der Waals surface area contributed by atoms with Gasteiger partial charge in [0.2, 0.25) is 11.8 Å². The zero-order valence-corrected chi connectivity index (χ0v) is 16.3. The average Bonchev–Trinajstić information content (AvgIpc) is 3.10. The lowest BCUT2D eigenvalue weighted by Crippen LogP contribution is -2.51. The smallest absolute Gasteiger partial charge is 0.241 e. The van der Waals surface area contributed by atoms with Crippen LogP contribution in [0.15, 0.2) is 24.3 Å². The van der Waals surface area contributed by atoms with E-state index in [4.69, 9.17) is 0 Å². The number of hydrogen-bond donors (Lipinski definition) is 4. The van der Waals surface area contributed by atoms with Crippen molar-refractivity contribution in [3.05, 3.63) is 29.8 Å². The molecule has 2 amide bonds. The summed E-state index contributed by atoms with van der Waals surface area (Å²) in [6.07, 6.45) is 2.15. The summed E-state index contributed by atoms with van der Waals surface area (Å²) in [5.74, 6) is 0.0503. The van der Waals surface area contributed by atoms with Crippen molar-refractivity contribution >= 4 is 11.8 Å². The van der Waals surface area contributed by atoms with Crippen LogP contribution < -0.4 is 10.6 Å². The molecule has 0 aliphatic carbocycles. The lowest BCUT2D eigenvalue weighted by atomic mass is 10.0. The maximum atomic E-state index is 12.9. The molecule has 0 unspecified atom stereocenters. The third-order valence-electron chi connectivity index (χ3n) is 4.93. The molecule has 0 saturated carbocycles. The first-order valence-electron chi connectivity index (χ1n) is 9.54. The van der Waals surface area contributed by atoms with E-state index in [1.807, 2.05) is 18.7 Å². The van der Waals surface area contributed by atoms with Crippen molar-refractivity contribution in [1.29, 1.82) is 0 Å². The van der Waals surface area contributed by atoms with E-state index in [0.717, 1.165) is 6.42 Å². The van der Waals surface area contributed by atoms with Gasteiger partial charge < -0.3 is 20.8 Å². The minimum absolute atomic E-state index is 0.0823. The first-order chi connectivity index (χ1) is 12.9. The Morgan fingerprint density at radius 3 is 2.67 bits per heavy atom. The van der Waals surface area contributed by atoms with Crippen LogP contribution in [0.25, 0.3) is 0 Å². The van der Waals surface area contributed by atoms with Crippen LogP contribution in [0.5, 0.6) is 5.75 Å². The van der Waals surface area contributed by atoms with E-state index in [2.05, 4.69) is 10.6 Å². The molecule has 1 aliphatic heterocycles. The molecule has 1 aromatic carbocycles. The van der Waals surface area contributed by atoms with Crippen LogP contribution in [0.1, 0.15) is 44.7 Å². The molecule has 0 bridgehead atoms. The molecule has 0 spiro atoms. The van der Waals surface area contributed by atoms with Crippen molar-refractivity contribution in [2.24, 2.45) is 5.92 Å². The van der Waals surface area contributed by atoms with Crippen LogP contribution in [0.4, 0.5) is 0 Å². The van der Waals surface area contributed by atoms with E-state index in [1.54, 1.807) is 31.3 Å². The van der Waals surface area contributed by atoms with Gasteiger partial charge >= 0.3 is 0 Å². The normalized spacial score (nSPS) is 19.7. The van der Waals surface area contributed by atoms with Crippen molar-refractivity contribution < 1.29 is 19.8 Å². The zero-order valence-electron chi connectivity index (χ0n) is 16.3. The molecule has 3 atom stereocenters. The molecule has 1 aliphatic rings. The molecule has 1 saturated heterocycles. The average molecular weight is 377 g/mol. The monoisotopic (exact) mass is 377 g/mol. The van der Waals surface area contributed by atoms with Crippen molar-refractivity contribution in [1.82, 2.24) is 15.5 Å². The van der Waals surface area contributed by atoms with Gasteiger partial charge in [-0.2, -0.15) is 0 Å². The largest absolute Gasteiger partial charge is 0.508 e. The van der Waals surface area contributed by atoms with Crippen molar-refractivity contribution in [2.45, 2.75) is 51.2 Å². The Balaban J connectivity index is 2.22. The first kappa shape index (κ1) is 21.2. The van der Waals surface area contributed by atoms with Gasteiger partial charge in [0.15, 0.2) is 0 Å². The molecule has 1 fully saturated rings. The van der Waals surface area contributed by atoms with Crippen molar-refractivity contribution in [2.75, 3.05) is 20.2 Å². The molecule has 2 rings (SSSR count). The summed E-state index contributed by atoms with van der Waals surface area (Å²) < 4.78 is 0. The van der Waals surface area contributed by atoms with E-state index in [1.165, 1.54) is 0 Å². The Kier molecular flexibility index (Phi) is 7.62.